The number of aliphatic hydroxyl groups excluding tert-OH is 1. The maximum Gasteiger partial charge on any atom is 0.573 e. The van der Waals surface area contributed by atoms with Gasteiger partial charge >= 0.3 is 6.36 Å². The van der Waals surface area contributed by atoms with E-state index in [2.05, 4.69) is 10.1 Å². The molecule has 0 saturated carbocycles. The molecule has 0 radical (unpaired) electrons. The van der Waals surface area contributed by atoms with E-state index in [-0.39, 0.29) is 19.0 Å². The molecule has 0 aliphatic rings. The minimum absolute atomic E-state index is 0.0606. The van der Waals surface area contributed by atoms with Crippen LogP contribution in [0.3, 0.4) is 0 Å². The highest BCUT2D eigenvalue weighted by Crippen LogP contribution is 2.24. The Kier molecular flexibility index (Phi) is 5.73. The van der Waals surface area contributed by atoms with Crippen molar-refractivity contribution in [3.8, 4) is 5.75 Å². The largest absolute Gasteiger partial charge is 0.573 e. The number of ether oxygens (including phenoxy) is 2. The van der Waals surface area contributed by atoms with Crippen molar-refractivity contribution >= 4 is 5.69 Å². The lowest BCUT2D eigenvalue weighted by Crippen LogP contribution is -2.17. The number of rotatable bonds is 7. The van der Waals surface area contributed by atoms with Gasteiger partial charge in [0.2, 0.25) is 0 Å². The highest BCUT2D eigenvalue weighted by atomic mass is 19.4. The summed E-state index contributed by atoms with van der Waals surface area (Å²) in [5.41, 5.74) is 0.504. The van der Waals surface area contributed by atoms with Gasteiger partial charge < -0.3 is 19.9 Å². The molecule has 0 atom stereocenters. The lowest BCUT2D eigenvalue weighted by molar-refractivity contribution is -0.274. The van der Waals surface area contributed by atoms with Crippen molar-refractivity contribution in [2.45, 2.75) is 6.36 Å². The summed E-state index contributed by atoms with van der Waals surface area (Å²) < 4.78 is 44.7. The summed E-state index contributed by atoms with van der Waals surface area (Å²) in [6.45, 7) is 0.953. The molecule has 18 heavy (non-hydrogen) atoms. The van der Waals surface area contributed by atoms with Crippen LogP contribution in [0.15, 0.2) is 24.3 Å². The minimum Gasteiger partial charge on any atom is -0.406 e. The lowest BCUT2D eigenvalue weighted by atomic mass is 10.3. The molecular weight excluding hydrogens is 251 g/mol. The van der Waals surface area contributed by atoms with Crippen LogP contribution >= 0.6 is 0 Å². The molecule has 4 nitrogen and oxygen atoms in total. The van der Waals surface area contributed by atoms with Gasteiger partial charge in [-0.3, -0.25) is 0 Å². The monoisotopic (exact) mass is 265 g/mol. The van der Waals surface area contributed by atoms with Crippen LogP contribution in [0, 0.1) is 0 Å². The molecule has 1 aromatic rings. The first-order valence-corrected chi connectivity index (χ1v) is 5.29. The molecule has 0 saturated heterocycles. The summed E-state index contributed by atoms with van der Waals surface area (Å²) in [4.78, 5) is 0. The van der Waals surface area contributed by atoms with E-state index in [4.69, 9.17) is 9.84 Å². The van der Waals surface area contributed by atoms with E-state index in [0.717, 1.165) is 0 Å². The molecule has 0 spiro atoms. The molecule has 0 fully saturated rings. The average Bonchev–Trinajstić information content (AvgIpc) is 2.27. The molecule has 7 heteroatoms. The van der Waals surface area contributed by atoms with Gasteiger partial charge in [0, 0.05) is 18.3 Å². The summed E-state index contributed by atoms with van der Waals surface area (Å²) in [5, 5.41) is 11.3. The van der Waals surface area contributed by atoms with Gasteiger partial charge in [-0.05, 0) is 12.1 Å². The molecule has 0 aliphatic heterocycles. The smallest absolute Gasteiger partial charge is 0.406 e. The van der Waals surface area contributed by atoms with E-state index in [1.807, 2.05) is 0 Å². The molecule has 0 heterocycles. The van der Waals surface area contributed by atoms with Crippen molar-refractivity contribution in [3.63, 3.8) is 0 Å². The predicted molar refractivity (Wildman–Crippen MR) is 59.5 cm³/mol. The first-order valence-electron chi connectivity index (χ1n) is 5.29. The number of halogens is 3. The van der Waals surface area contributed by atoms with Gasteiger partial charge in [-0.15, -0.1) is 13.2 Å². The molecule has 0 amide bonds. The lowest BCUT2D eigenvalue weighted by Gasteiger charge is -2.11. The van der Waals surface area contributed by atoms with E-state index in [9.17, 15) is 13.2 Å². The quantitative estimate of drug-likeness (QED) is 0.740. The van der Waals surface area contributed by atoms with E-state index in [1.54, 1.807) is 6.07 Å². The van der Waals surface area contributed by atoms with Gasteiger partial charge in [0.1, 0.15) is 5.75 Å². The molecular formula is C11H14F3NO3. The third-order valence-corrected chi connectivity index (χ3v) is 1.88. The standard InChI is InChI=1S/C11H14F3NO3/c12-11(13,14)18-10-3-1-2-9(8-10)15-4-6-17-7-5-16/h1-3,8,15-16H,4-7H2. The molecule has 1 rings (SSSR count). The van der Waals surface area contributed by atoms with Crippen molar-refractivity contribution < 1.29 is 27.8 Å². The predicted octanol–water partition coefficient (Wildman–Crippen LogP) is 2.01. The van der Waals surface area contributed by atoms with E-state index < -0.39 is 6.36 Å². The summed E-state index contributed by atoms with van der Waals surface area (Å²) in [6.07, 6.45) is -4.69. The molecule has 0 unspecified atom stereocenters. The van der Waals surface area contributed by atoms with Crippen LogP contribution in [0.1, 0.15) is 0 Å². The minimum atomic E-state index is -4.69. The maximum absolute atomic E-state index is 12.0. The summed E-state index contributed by atoms with van der Waals surface area (Å²) in [5.74, 6) is -0.274. The number of hydrogen-bond acceptors (Lipinski definition) is 4. The van der Waals surface area contributed by atoms with Gasteiger partial charge in [-0.1, -0.05) is 6.07 Å². The third kappa shape index (κ3) is 6.31. The van der Waals surface area contributed by atoms with Gasteiger partial charge in [0.25, 0.3) is 0 Å². The Balaban J connectivity index is 2.40. The van der Waals surface area contributed by atoms with Crippen molar-refractivity contribution in [2.24, 2.45) is 0 Å². The van der Waals surface area contributed by atoms with Crippen molar-refractivity contribution in [1.82, 2.24) is 0 Å². The Morgan fingerprint density at radius 2 is 2.00 bits per heavy atom. The molecule has 0 bridgehead atoms. The van der Waals surface area contributed by atoms with Crippen LogP contribution in [0.25, 0.3) is 0 Å². The summed E-state index contributed by atoms with van der Waals surface area (Å²) in [7, 11) is 0. The highest BCUT2D eigenvalue weighted by Gasteiger charge is 2.31. The Bertz CT molecular complexity index is 358. The summed E-state index contributed by atoms with van der Waals surface area (Å²) >= 11 is 0. The van der Waals surface area contributed by atoms with Crippen LogP contribution in [0.4, 0.5) is 18.9 Å². The maximum atomic E-state index is 12.0. The molecule has 2 N–H and O–H groups in total. The van der Waals surface area contributed by atoms with Gasteiger partial charge in [0.05, 0.1) is 19.8 Å². The zero-order valence-electron chi connectivity index (χ0n) is 9.54. The Morgan fingerprint density at radius 1 is 1.22 bits per heavy atom. The fraction of sp³-hybridized carbons (Fsp3) is 0.455. The Morgan fingerprint density at radius 3 is 2.67 bits per heavy atom. The van der Waals surface area contributed by atoms with E-state index in [1.165, 1.54) is 18.2 Å². The van der Waals surface area contributed by atoms with Crippen LogP contribution in [0.2, 0.25) is 0 Å². The second kappa shape index (κ2) is 7.07. The van der Waals surface area contributed by atoms with Gasteiger partial charge in [0.15, 0.2) is 0 Å². The number of hydrogen-bond donors (Lipinski definition) is 2. The highest BCUT2D eigenvalue weighted by molar-refractivity contribution is 5.48. The number of benzene rings is 1. The average molecular weight is 265 g/mol. The Labute approximate surface area is 102 Å². The second-order valence-corrected chi connectivity index (χ2v) is 3.34. The topological polar surface area (TPSA) is 50.7 Å². The van der Waals surface area contributed by atoms with Crippen molar-refractivity contribution in [2.75, 3.05) is 31.7 Å². The molecule has 102 valence electrons. The SMILES string of the molecule is OCCOCCNc1cccc(OC(F)(F)F)c1. The van der Waals surface area contributed by atoms with Crippen molar-refractivity contribution in [3.05, 3.63) is 24.3 Å². The number of alkyl halides is 3. The third-order valence-electron chi connectivity index (χ3n) is 1.88. The first kappa shape index (κ1) is 14.6. The molecule has 0 aromatic heterocycles. The van der Waals surface area contributed by atoms with Gasteiger partial charge in [-0.25, -0.2) is 0 Å². The zero-order valence-corrected chi connectivity index (χ0v) is 9.54. The van der Waals surface area contributed by atoms with E-state index >= 15 is 0 Å². The fourth-order valence-corrected chi connectivity index (χ4v) is 1.24. The second-order valence-electron chi connectivity index (χ2n) is 3.34. The molecule has 1 aromatic carbocycles. The normalized spacial score (nSPS) is 11.3. The Hall–Kier alpha value is -1.47. The molecule has 0 aliphatic carbocycles. The number of nitrogens with one attached hydrogen (secondary N) is 1. The van der Waals surface area contributed by atoms with Crippen LogP contribution in [-0.4, -0.2) is 37.8 Å². The zero-order chi connectivity index (χ0) is 13.4. The van der Waals surface area contributed by atoms with Crippen LogP contribution in [0.5, 0.6) is 5.75 Å². The fourth-order valence-electron chi connectivity index (χ4n) is 1.24. The summed E-state index contributed by atoms with van der Waals surface area (Å²) in [6, 6.07) is 5.55. The van der Waals surface area contributed by atoms with Crippen LogP contribution < -0.4 is 10.1 Å². The number of anilines is 1. The van der Waals surface area contributed by atoms with E-state index in [0.29, 0.717) is 18.8 Å². The number of aliphatic hydroxyl groups is 1. The first-order chi connectivity index (χ1) is 8.51. The van der Waals surface area contributed by atoms with Gasteiger partial charge in [-0.2, -0.15) is 0 Å². The van der Waals surface area contributed by atoms with Crippen molar-refractivity contribution in [1.29, 1.82) is 0 Å². The van der Waals surface area contributed by atoms with Crippen LogP contribution in [-0.2, 0) is 4.74 Å².